The first-order valence-electron chi connectivity index (χ1n) is 8.26. The molecular formula is C16H19N5O4S. The van der Waals surface area contributed by atoms with Crippen molar-refractivity contribution in [1.82, 2.24) is 14.8 Å². The molecule has 0 aliphatic heterocycles. The monoisotopic (exact) mass is 377 g/mol. The molecule has 1 aliphatic carbocycles. The average Bonchev–Trinajstić information content (AvgIpc) is 3.38. The molecule has 0 radical (unpaired) electrons. The molecule has 138 valence electrons. The van der Waals surface area contributed by atoms with Crippen LogP contribution in [0, 0.1) is 10.1 Å². The van der Waals surface area contributed by atoms with Gasteiger partial charge in [-0.15, -0.1) is 10.2 Å². The Morgan fingerprint density at radius 3 is 2.85 bits per heavy atom. The van der Waals surface area contributed by atoms with Crippen molar-refractivity contribution in [2.24, 2.45) is 5.73 Å². The molecule has 3 rings (SSSR count). The number of amides is 1. The fourth-order valence-electron chi connectivity index (χ4n) is 2.50. The molecule has 1 aromatic carbocycles. The number of thioether (sulfide) groups is 1. The second-order valence-electron chi connectivity index (χ2n) is 5.90. The molecule has 0 saturated heterocycles. The van der Waals surface area contributed by atoms with Crippen LogP contribution in [0.4, 0.5) is 5.69 Å². The van der Waals surface area contributed by atoms with E-state index in [0.717, 1.165) is 18.7 Å². The van der Waals surface area contributed by atoms with Crippen LogP contribution in [-0.2, 0) is 11.3 Å². The van der Waals surface area contributed by atoms with Gasteiger partial charge in [-0.1, -0.05) is 23.9 Å². The number of ether oxygens (including phenoxy) is 1. The minimum absolute atomic E-state index is 0.0573. The number of rotatable bonds is 10. The van der Waals surface area contributed by atoms with Crippen LogP contribution in [0.15, 0.2) is 29.4 Å². The molecule has 0 bridgehead atoms. The highest BCUT2D eigenvalue weighted by Crippen LogP contribution is 2.40. The van der Waals surface area contributed by atoms with E-state index in [0.29, 0.717) is 23.4 Å². The van der Waals surface area contributed by atoms with Gasteiger partial charge in [0.2, 0.25) is 5.91 Å². The molecule has 26 heavy (non-hydrogen) atoms. The Balaban J connectivity index is 1.58. The highest BCUT2D eigenvalue weighted by atomic mass is 32.2. The molecule has 1 aliphatic rings. The molecule has 2 aromatic rings. The molecule has 1 saturated carbocycles. The lowest BCUT2D eigenvalue weighted by molar-refractivity contribution is -0.385. The molecule has 0 spiro atoms. The molecule has 1 fully saturated rings. The lowest BCUT2D eigenvalue weighted by atomic mass is 10.3. The van der Waals surface area contributed by atoms with Gasteiger partial charge in [0.05, 0.1) is 11.5 Å². The van der Waals surface area contributed by atoms with Crippen molar-refractivity contribution in [1.29, 1.82) is 0 Å². The number of nitro groups is 1. The number of nitro benzene ring substituents is 1. The second kappa shape index (κ2) is 8.17. The van der Waals surface area contributed by atoms with E-state index in [9.17, 15) is 14.9 Å². The summed E-state index contributed by atoms with van der Waals surface area (Å²) in [7, 11) is 0. The van der Waals surface area contributed by atoms with Gasteiger partial charge >= 0.3 is 5.69 Å². The number of primary amides is 1. The van der Waals surface area contributed by atoms with Crippen molar-refractivity contribution in [3.63, 3.8) is 0 Å². The standard InChI is InChI=1S/C16H19N5O4S/c17-14(22)7-8-20-15(11-5-6-11)18-19-16(20)26-10-9-25-13-4-2-1-3-12(13)21(23)24/h1-4,11H,5-10H2,(H2,17,22). The minimum Gasteiger partial charge on any atom is -0.486 e. The minimum atomic E-state index is -0.467. The summed E-state index contributed by atoms with van der Waals surface area (Å²) in [5.74, 6) is 1.73. The van der Waals surface area contributed by atoms with Crippen molar-refractivity contribution in [3.8, 4) is 5.75 Å². The fourth-order valence-corrected chi connectivity index (χ4v) is 3.29. The van der Waals surface area contributed by atoms with Crippen LogP contribution in [0.1, 0.15) is 31.0 Å². The van der Waals surface area contributed by atoms with Crippen LogP contribution < -0.4 is 10.5 Å². The zero-order valence-corrected chi connectivity index (χ0v) is 14.9. The maximum atomic E-state index is 11.1. The first-order valence-corrected chi connectivity index (χ1v) is 9.25. The number of nitrogens with two attached hydrogens (primary N) is 1. The van der Waals surface area contributed by atoms with E-state index in [-0.39, 0.29) is 30.4 Å². The van der Waals surface area contributed by atoms with Gasteiger partial charge in [-0.05, 0) is 18.9 Å². The van der Waals surface area contributed by atoms with E-state index in [2.05, 4.69) is 10.2 Å². The maximum absolute atomic E-state index is 11.1. The molecule has 0 atom stereocenters. The van der Waals surface area contributed by atoms with Crippen molar-refractivity contribution in [3.05, 3.63) is 40.2 Å². The lowest BCUT2D eigenvalue weighted by Gasteiger charge is -2.09. The molecule has 1 aromatic heterocycles. The highest BCUT2D eigenvalue weighted by Gasteiger charge is 2.30. The summed E-state index contributed by atoms with van der Waals surface area (Å²) >= 11 is 1.44. The Morgan fingerprint density at radius 1 is 1.38 bits per heavy atom. The Bertz CT molecular complexity index is 806. The third-order valence-corrected chi connectivity index (χ3v) is 4.83. The van der Waals surface area contributed by atoms with Crippen molar-refractivity contribution >= 4 is 23.4 Å². The van der Waals surface area contributed by atoms with Gasteiger partial charge in [0.15, 0.2) is 10.9 Å². The lowest BCUT2D eigenvalue weighted by Crippen LogP contribution is -2.15. The summed E-state index contributed by atoms with van der Waals surface area (Å²) < 4.78 is 7.47. The van der Waals surface area contributed by atoms with Crippen LogP contribution in [0.25, 0.3) is 0 Å². The molecule has 1 heterocycles. The molecule has 0 unspecified atom stereocenters. The number of benzene rings is 1. The first kappa shape index (κ1) is 18.2. The summed E-state index contributed by atoms with van der Waals surface area (Å²) in [6.07, 6.45) is 2.40. The predicted molar refractivity (Wildman–Crippen MR) is 95.1 cm³/mol. The Hall–Kier alpha value is -2.62. The van der Waals surface area contributed by atoms with Gasteiger partial charge in [0, 0.05) is 30.7 Å². The van der Waals surface area contributed by atoms with Gasteiger partial charge in [-0.3, -0.25) is 14.9 Å². The normalized spacial score (nSPS) is 13.5. The summed E-state index contributed by atoms with van der Waals surface area (Å²) in [6.45, 7) is 0.748. The maximum Gasteiger partial charge on any atom is 0.310 e. The van der Waals surface area contributed by atoms with Crippen LogP contribution in [-0.4, -0.2) is 38.0 Å². The SMILES string of the molecule is NC(=O)CCn1c(SCCOc2ccccc2[N+](=O)[O-])nnc1C1CC1. The van der Waals surface area contributed by atoms with Gasteiger partial charge in [-0.25, -0.2) is 0 Å². The number of hydrogen-bond donors (Lipinski definition) is 1. The highest BCUT2D eigenvalue weighted by molar-refractivity contribution is 7.99. The van der Waals surface area contributed by atoms with Gasteiger partial charge < -0.3 is 15.0 Å². The fraction of sp³-hybridized carbons (Fsp3) is 0.438. The van der Waals surface area contributed by atoms with Gasteiger partial charge in [-0.2, -0.15) is 0 Å². The van der Waals surface area contributed by atoms with Crippen LogP contribution in [0.5, 0.6) is 5.75 Å². The Kier molecular flexibility index (Phi) is 5.71. The molecule has 9 nitrogen and oxygen atoms in total. The third-order valence-electron chi connectivity index (χ3n) is 3.90. The van der Waals surface area contributed by atoms with E-state index < -0.39 is 4.92 Å². The predicted octanol–water partition coefficient (Wildman–Crippen LogP) is 2.11. The van der Waals surface area contributed by atoms with E-state index in [1.807, 2.05) is 4.57 Å². The molecule has 2 N–H and O–H groups in total. The summed E-state index contributed by atoms with van der Waals surface area (Å²) in [6, 6.07) is 6.27. The van der Waals surface area contributed by atoms with Crippen molar-refractivity contribution < 1.29 is 14.5 Å². The third kappa shape index (κ3) is 4.51. The summed E-state index contributed by atoms with van der Waals surface area (Å²) in [5, 5.41) is 20.1. The molecular weight excluding hydrogens is 358 g/mol. The Labute approximate surface area is 154 Å². The topological polar surface area (TPSA) is 126 Å². The van der Waals surface area contributed by atoms with Crippen molar-refractivity contribution in [2.75, 3.05) is 12.4 Å². The average molecular weight is 377 g/mol. The summed E-state index contributed by atoms with van der Waals surface area (Å²) in [4.78, 5) is 21.6. The Morgan fingerprint density at radius 2 is 2.15 bits per heavy atom. The number of nitrogens with zero attached hydrogens (tertiary/aromatic N) is 4. The van der Waals surface area contributed by atoms with Crippen LogP contribution in [0.3, 0.4) is 0 Å². The van der Waals surface area contributed by atoms with Gasteiger partial charge in [0.1, 0.15) is 5.82 Å². The zero-order valence-electron chi connectivity index (χ0n) is 14.0. The van der Waals surface area contributed by atoms with Crippen LogP contribution >= 0.6 is 11.8 Å². The number of carbonyl (C=O) groups is 1. The molecule has 1 amide bonds. The van der Waals surface area contributed by atoms with Crippen molar-refractivity contribution in [2.45, 2.75) is 36.9 Å². The largest absolute Gasteiger partial charge is 0.486 e. The molecule has 10 heteroatoms. The first-order chi connectivity index (χ1) is 12.6. The van der Waals surface area contributed by atoms with E-state index in [1.165, 1.54) is 17.8 Å². The number of carbonyl (C=O) groups excluding carboxylic acids is 1. The van der Waals surface area contributed by atoms with Crippen LogP contribution in [0.2, 0.25) is 0 Å². The van der Waals surface area contributed by atoms with E-state index in [1.54, 1.807) is 18.2 Å². The number of para-hydroxylation sites is 2. The number of hydrogen-bond acceptors (Lipinski definition) is 7. The second-order valence-corrected chi connectivity index (χ2v) is 6.97. The zero-order chi connectivity index (χ0) is 18.5. The number of aromatic nitrogens is 3. The van der Waals surface area contributed by atoms with E-state index in [4.69, 9.17) is 10.5 Å². The summed E-state index contributed by atoms with van der Waals surface area (Å²) in [5.41, 5.74) is 5.19. The van der Waals surface area contributed by atoms with Gasteiger partial charge in [0.25, 0.3) is 0 Å². The quantitative estimate of drug-likeness (QED) is 0.291. The van der Waals surface area contributed by atoms with E-state index >= 15 is 0 Å². The smallest absolute Gasteiger partial charge is 0.310 e.